The highest BCUT2D eigenvalue weighted by Crippen LogP contribution is 2.29. The molecule has 6 nitrogen and oxygen atoms in total. The standard InChI is InChI=1S/C17H14N4O2/c22-17(20-11-12-23-16-15(20)7-4-9-18-16)14-8-10-21(19-14)13-5-2-1-3-6-13/h1-10H,11-12H2. The Balaban J connectivity index is 1.65. The van der Waals surface area contributed by atoms with Crippen molar-refractivity contribution >= 4 is 11.6 Å². The summed E-state index contributed by atoms with van der Waals surface area (Å²) in [4.78, 5) is 18.6. The van der Waals surface area contributed by atoms with E-state index in [2.05, 4.69) is 10.1 Å². The molecule has 2 aromatic heterocycles. The normalized spacial score (nSPS) is 13.3. The molecular weight excluding hydrogens is 292 g/mol. The maximum Gasteiger partial charge on any atom is 0.279 e. The first-order valence-electron chi connectivity index (χ1n) is 7.34. The van der Waals surface area contributed by atoms with Crippen LogP contribution in [0.25, 0.3) is 5.69 Å². The van der Waals surface area contributed by atoms with Crippen LogP contribution in [0.5, 0.6) is 5.88 Å². The number of anilines is 1. The van der Waals surface area contributed by atoms with Gasteiger partial charge in [0.25, 0.3) is 5.91 Å². The Hall–Kier alpha value is -3.15. The Morgan fingerprint density at radius 1 is 1.09 bits per heavy atom. The quantitative estimate of drug-likeness (QED) is 0.729. The zero-order valence-electron chi connectivity index (χ0n) is 12.3. The molecule has 4 rings (SSSR count). The molecule has 0 atom stereocenters. The first-order chi connectivity index (χ1) is 11.3. The van der Waals surface area contributed by atoms with E-state index in [0.717, 1.165) is 5.69 Å². The molecular formula is C17H14N4O2. The van der Waals surface area contributed by atoms with Gasteiger partial charge in [0.1, 0.15) is 12.3 Å². The number of aromatic nitrogens is 3. The second kappa shape index (κ2) is 5.57. The number of benzene rings is 1. The number of hydrogen-bond donors (Lipinski definition) is 0. The number of para-hydroxylation sites is 1. The van der Waals surface area contributed by atoms with Crippen LogP contribution in [0, 0.1) is 0 Å². The van der Waals surface area contributed by atoms with Gasteiger partial charge in [-0.2, -0.15) is 5.10 Å². The molecule has 0 saturated heterocycles. The van der Waals surface area contributed by atoms with Crippen LogP contribution in [0.1, 0.15) is 10.5 Å². The van der Waals surface area contributed by atoms with Crippen molar-refractivity contribution in [3.8, 4) is 11.6 Å². The highest BCUT2D eigenvalue weighted by molar-refractivity contribution is 6.05. The van der Waals surface area contributed by atoms with Crippen LogP contribution < -0.4 is 9.64 Å². The summed E-state index contributed by atoms with van der Waals surface area (Å²) < 4.78 is 7.18. The second-order valence-electron chi connectivity index (χ2n) is 5.11. The summed E-state index contributed by atoms with van der Waals surface area (Å²) in [5, 5.41) is 4.39. The van der Waals surface area contributed by atoms with Crippen LogP contribution in [0.3, 0.4) is 0 Å². The molecule has 0 bridgehead atoms. The lowest BCUT2D eigenvalue weighted by atomic mass is 10.2. The van der Waals surface area contributed by atoms with Gasteiger partial charge < -0.3 is 4.74 Å². The third kappa shape index (κ3) is 2.44. The van der Waals surface area contributed by atoms with Crippen molar-refractivity contribution in [3.63, 3.8) is 0 Å². The number of ether oxygens (including phenoxy) is 1. The van der Waals surface area contributed by atoms with Crippen molar-refractivity contribution in [3.05, 3.63) is 66.6 Å². The lowest BCUT2D eigenvalue weighted by Gasteiger charge is -2.27. The number of amides is 1. The number of carbonyl (C=O) groups is 1. The molecule has 114 valence electrons. The monoisotopic (exact) mass is 306 g/mol. The smallest absolute Gasteiger partial charge is 0.279 e. The predicted octanol–water partition coefficient (Wildman–Crippen LogP) is 2.31. The molecule has 0 aliphatic carbocycles. The highest BCUT2D eigenvalue weighted by atomic mass is 16.5. The van der Waals surface area contributed by atoms with Crippen LogP contribution in [0.15, 0.2) is 60.9 Å². The van der Waals surface area contributed by atoms with E-state index in [-0.39, 0.29) is 5.91 Å². The minimum Gasteiger partial charge on any atom is -0.474 e. The minimum atomic E-state index is -0.155. The van der Waals surface area contributed by atoms with Gasteiger partial charge in [0, 0.05) is 12.4 Å². The SMILES string of the molecule is O=C(c1ccn(-c2ccccc2)n1)N1CCOc2ncccc21. The minimum absolute atomic E-state index is 0.155. The lowest BCUT2D eigenvalue weighted by Crippen LogP contribution is -2.38. The van der Waals surface area contributed by atoms with Gasteiger partial charge in [0.15, 0.2) is 5.69 Å². The van der Waals surface area contributed by atoms with E-state index >= 15 is 0 Å². The molecule has 1 aromatic carbocycles. The van der Waals surface area contributed by atoms with Gasteiger partial charge in [0.05, 0.1) is 12.2 Å². The first kappa shape index (κ1) is 13.5. The van der Waals surface area contributed by atoms with Gasteiger partial charge in [0.2, 0.25) is 5.88 Å². The van der Waals surface area contributed by atoms with Gasteiger partial charge in [-0.15, -0.1) is 0 Å². The average molecular weight is 306 g/mol. The summed E-state index contributed by atoms with van der Waals surface area (Å²) in [6.07, 6.45) is 3.43. The van der Waals surface area contributed by atoms with E-state index in [0.29, 0.717) is 30.4 Å². The maximum atomic E-state index is 12.8. The molecule has 3 aromatic rings. The van der Waals surface area contributed by atoms with E-state index in [1.807, 2.05) is 36.4 Å². The molecule has 0 saturated carbocycles. The van der Waals surface area contributed by atoms with E-state index in [1.165, 1.54) is 0 Å². The summed E-state index contributed by atoms with van der Waals surface area (Å²) >= 11 is 0. The van der Waals surface area contributed by atoms with Crippen LogP contribution in [-0.2, 0) is 0 Å². The molecule has 1 amide bonds. The zero-order valence-corrected chi connectivity index (χ0v) is 12.3. The number of hydrogen-bond acceptors (Lipinski definition) is 4. The third-order valence-corrected chi connectivity index (χ3v) is 3.67. The molecule has 0 spiro atoms. The fourth-order valence-electron chi connectivity index (χ4n) is 2.56. The van der Waals surface area contributed by atoms with Crippen molar-refractivity contribution in [1.82, 2.24) is 14.8 Å². The van der Waals surface area contributed by atoms with Crippen molar-refractivity contribution in [1.29, 1.82) is 0 Å². The number of carbonyl (C=O) groups excluding carboxylic acids is 1. The summed E-state index contributed by atoms with van der Waals surface area (Å²) in [5.41, 5.74) is 1.99. The molecule has 0 N–H and O–H groups in total. The van der Waals surface area contributed by atoms with Crippen LogP contribution in [-0.4, -0.2) is 33.8 Å². The maximum absolute atomic E-state index is 12.8. The van der Waals surface area contributed by atoms with Gasteiger partial charge in [-0.3, -0.25) is 9.69 Å². The van der Waals surface area contributed by atoms with Crippen LogP contribution in [0.4, 0.5) is 5.69 Å². The molecule has 1 aliphatic heterocycles. The molecule has 3 heterocycles. The Kier molecular flexibility index (Phi) is 3.27. The summed E-state index contributed by atoms with van der Waals surface area (Å²) in [6, 6.07) is 15.0. The fraction of sp³-hybridized carbons (Fsp3) is 0.118. The average Bonchev–Trinajstić information content (AvgIpc) is 3.11. The Labute approximate surface area is 132 Å². The van der Waals surface area contributed by atoms with Crippen molar-refractivity contribution in [2.24, 2.45) is 0 Å². The zero-order chi connectivity index (χ0) is 15.6. The van der Waals surface area contributed by atoms with Gasteiger partial charge in [-0.05, 0) is 30.3 Å². The second-order valence-corrected chi connectivity index (χ2v) is 5.11. The van der Waals surface area contributed by atoms with E-state index in [1.54, 1.807) is 34.1 Å². The molecule has 0 fully saturated rings. The summed E-state index contributed by atoms with van der Waals surface area (Å²) in [7, 11) is 0. The van der Waals surface area contributed by atoms with Crippen molar-refractivity contribution < 1.29 is 9.53 Å². The van der Waals surface area contributed by atoms with Gasteiger partial charge >= 0.3 is 0 Å². The number of nitrogens with zero attached hydrogens (tertiary/aromatic N) is 4. The predicted molar refractivity (Wildman–Crippen MR) is 85.0 cm³/mol. The summed E-state index contributed by atoms with van der Waals surface area (Å²) in [5.74, 6) is 0.326. The number of fused-ring (bicyclic) bond motifs is 1. The molecule has 0 unspecified atom stereocenters. The van der Waals surface area contributed by atoms with E-state index in [4.69, 9.17) is 4.74 Å². The highest BCUT2D eigenvalue weighted by Gasteiger charge is 2.26. The Bertz CT molecular complexity index is 845. The third-order valence-electron chi connectivity index (χ3n) is 3.67. The van der Waals surface area contributed by atoms with Crippen molar-refractivity contribution in [2.45, 2.75) is 0 Å². The number of rotatable bonds is 2. The van der Waals surface area contributed by atoms with Crippen LogP contribution in [0.2, 0.25) is 0 Å². The topological polar surface area (TPSA) is 60.2 Å². The first-order valence-corrected chi connectivity index (χ1v) is 7.34. The Morgan fingerprint density at radius 2 is 1.96 bits per heavy atom. The molecule has 23 heavy (non-hydrogen) atoms. The summed E-state index contributed by atoms with van der Waals surface area (Å²) in [6.45, 7) is 0.908. The molecule has 1 aliphatic rings. The largest absolute Gasteiger partial charge is 0.474 e. The van der Waals surface area contributed by atoms with Gasteiger partial charge in [-0.25, -0.2) is 9.67 Å². The molecule has 6 heteroatoms. The number of pyridine rings is 1. The van der Waals surface area contributed by atoms with E-state index in [9.17, 15) is 4.79 Å². The van der Waals surface area contributed by atoms with Crippen LogP contribution >= 0.6 is 0 Å². The molecule has 0 radical (unpaired) electrons. The Morgan fingerprint density at radius 3 is 2.83 bits per heavy atom. The fourth-order valence-corrected chi connectivity index (χ4v) is 2.56. The van der Waals surface area contributed by atoms with Crippen molar-refractivity contribution in [2.75, 3.05) is 18.1 Å². The van der Waals surface area contributed by atoms with Gasteiger partial charge in [-0.1, -0.05) is 18.2 Å². The van der Waals surface area contributed by atoms with E-state index < -0.39 is 0 Å². The lowest BCUT2D eigenvalue weighted by molar-refractivity contribution is 0.0970.